The Morgan fingerprint density at radius 2 is 1.92 bits per heavy atom. The number of primary amides is 1. The minimum atomic E-state index is -0.589. The highest BCUT2D eigenvalue weighted by molar-refractivity contribution is 9.10. The normalized spacial score (nSPS) is 10.8. The highest BCUT2D eigenvalue weighted by Crippen LogP contribution is 2.22. The summed E-state index contributed by atoms with van der Waals surface area (Å²) in [5.74, 6) is -0.460. The summed E-state index contributed by atoms with van der Waals surface area (Å²) >= 11 is 3.29. The number of aromatic nitrogens is 2. The van der Waals surface area contributed by atoms with Crippen molar-refractivity contribution >= 4 is 44.7 Å². The second-order valence-electron chi connectivity index (χ2n) is 5.62. The molecule has 0 aliphatic heterocycles. The summed E-state index contributed by atoms with van der Waals surface area (Å²) in [5, 5.41) is 2.83. The van der Waals surface area contributed by atoms with Crippen molar-refractivity contribution < 1.29 is 9.59 Å². The molecule has 0 atom stereocenters. The second-order valence-corrected chi connectivity index (χ2v) is 6.54. The summed E-state index contributed by atoms with van der Waals surface area (Å²) in [6.45, 7) is 2.80. The average Bonchev–Trinajstić information content (AvgIpc) is 2.92. The number of nitrogens with one attached hydrogen (secondary N) is 1. The van der Waals surface area contributed by atoms with E-state index in [0.29, 0.717) is 16.0 Å². The van der Waals surface area contributed by atoms with Crippen LogP contribution in [0.1, 0.15) is 34.1 Å². The Balaban J connectivity index is 1.97. The topological polar surface area (TPSA) is 90.0 Å². The molecule has 0 bridgehead atoms. The number of anilines is 1. The standard InChI is InChI=1S/C18H17BrN4O2/c1-2-7-23-15-6-4-3-5-14(15)21-18(23)22-17(25)12-8-11(16(20)24)9-13(19)10-12/h3-6,8-10H,2,7H2,1H3,(H2,20,24)(H,21,22,25). The van der Waals surface area contributed by atoms with Gasteiger partial charge in [-0.05, 0) is 36.8 Å². The lowest BCUT2D eigenvalue weighted by atomic mass is 10.1. The number of halogens is 1. The number of fused-ring (bicyclic) bond motifs is 1. The predicted octanol–water partition coefficient (Wildman–Crippen LogP) is 3.56. The number of hydrogen-bond donors (Lipinski definition) is 2. The predicted molar refractivity (Wildman–Crippen MR) is 101 cm³/mol. The van der Waals surface area contributed by atoms with Crippen molar-refractivity contribution in [3.8, 4) is 0 Å². The Bertz CT molecular complexity index is 965. The first-order chi connectivity index (χ1) is 12.0. The van der Waals surface area contributed by atoms with Gasteiger partial charge in [-0.15, -0.1) is 0 Å². The van der Waals surface area contributed by atoms with Crippen molar-refractivity contribution in [2.45, 2.75) is 19.9 Å². The number of benzene rings is 2. The van der Waals surface area contributed by atoms with Gasteiger partial charge in [0.25, 0.3) is 5.91 Å². The quantitative estimate of drug-likeness (QED) is 0.685. The molecule has 0 aliphatic carbocycles. The van der Waals surface area contributed by atoms with Crippen LogP contribution in [0.2, 0.25) is 0 Å². The zero-order valence-corrected chi connectivity index (χ0v) is 15.2. The van der Waals surface area contributed by atoms with Crippen LogP contribution in [0.5, 0.6) is 0 Å². The number of nitrogens with two attached hydrogens (primary N) is 1. The van der Waals surface area contributed by atoms with Crippen molar-refractivity contribution in [2.24, 2.45) is 5.73 Å². The van der Waals surface area contributed by atoms with E-state index in [2.05, 4.69) is 33.2 Å². The lowest BCUT2D eigenvalue weighted by Gasteiger charge is -2.10. The van der Waals surface area contributed by atoms with E-state index in [4.69, 9.17) is 5.73 Å². The molecule has 2 aromatic carbocycles. The summed E-state index contributed by atoms with van der Waals surface area (Å²) < 4.78 is 2.58. The van der Waals surface area contributed by atoms with Crippen LogP contribution in [0.25, 0.3) is 11.0 Å². The van der Waals surface area contributed by atoms with Crippen molar-refractivity contribution in [3.05, 3.63) is 58.1 Å². The number of carbonyl (C=O) groups excluding carboxylic acids is 2. The maximum Gasteiger partial charge on any atom is 0.258 e. The highest BCUT2D eigenvalue weighted by atomic mass is 79.9. The van der Waals surface area contributed by atoms with Crippen LogP contribution < -0.4 is 11.1 Å². The van der Waals surface area contributed by atoms with Gasteiger partial charge in [0.05, 0.1) is 11.0 Å². The monoisotopic (exact) mass is 400 g/mol. The fourth-order valence-electron chi connectivity index (χ4n) is 2.66. The molecule has 1 heterocycles. The molecular formula is C18H17BrN4O2. The van der Waals surface area contributed by atoms with Gasteiger partial charge in [0.15, 0.2) is 0 Å². The van der Waals surface area contributed by atoms with E-state index in [0.717, 1.165) is 24.0 Å². The first-order valence-corrected chi connectivity index (χ1v) is 8.66. The van der Waals surface area contributed by atoms with Gasteiger partial charge in [-0.2, -0.15) is 0 Å². The molecule has 0 aliphatic rings. The minimum Gasteiger partial charge on any atom is -0.366 e. The van der Waals surface area contributed by atoms with Gasteiger partial charge >= 0.3 is 0 Å². The first-order valence-electron chi connectivity index (χ1n) is 7.86. The minimum absolute atomic E-state index is 0.265. The Morgan fingerprint density at radius 3 is 2.64 bits per heavy atom. The van der Waals surface area contributed by atoms with Gasteiger partial charge in [-0.25, -0.2) is 4.98 Å². The number of nitrogens with zero attached hydrogens (tertiary/aromatic N) is 2. The number of carbonyl (C=O) groups is 2. The number of imidazole rings is 1. The van der Waals surface area contributed by atoms with Gasteiger partial charge in [0.2, 0.25) is 11.9 Å². The molecule has 0 fully saturated rings. The van der Waals surface area contributed by atoms with Crippen molar-refractivity contribution in [3.63, 3.8) is 0 Å². The molecule has 3 N–H and O–H groups in total. The highest BCUT2D eigenvalue weighted by Gasteiger charge is 2.15. The fourth-order valence-corrected chi connectivity index (χ4v) is 3.15. The van der Waals surface area contributed by atoms with Crippen LogP contribution in [0.4, 0.5) is 5.95 Å². The molecule has 0 spiro atoms. The van der Waals surface area contributed by atoms with E-state index >= 15 is 0 Å². The van der Waals surface area contributed by atoms with Crippen LogP contribution in [0.3, 0.4) is 0 Å². The Kier molecular flexibility index (Phi) is 4.85. The number of amides is 2. The number of aryl methyl sites for hydroxylation is 1. The lowest BCUT2D eigenvalue weighted by Crippen LogP contribution is -2.18. The molecule has 25 heavy (non-hydrogen) atoms. The van der Waals surface area contributed by atoms with E-state index < -0.39 is 5.91 Å². The zero-order valence-electron chi connectivity index (χ0n) is 13.6. The summed E-state index contributed by atoms with van der Waals surface area (Å²) in [6, 6.07) is 12.4. The zero-order chi connectivity index (χ0) is 18.0. The lowest BCUT2D eigenvalue weighted by molar-refractivity contribution is 0.1000. The van der Waals surface area contributed by atoms with E-state index in [9.17, 15) is 9.59 Å². The van der Waals surface area contributed by atoms with Gasteiger partial charge in [-0.1, -0.05) is 35.0 Å². The third-order valence-electron chi connectivity index (χ3n) is 3.77. The molecule has 7 heteroatoms. The first kappa shape index (κ1) is 17.2. The Labute approximate surface area is 153 Å². The Morgan fingerprint density at radius 1 is 1.20 bits per heavy atom. The van der Waals surface area contributed by atoms with Gasteiger partial charge in [0.1, 0.15) is 0 Å². The number of rotatable bonds is 5. The second kappa shape index (κ2) is 7.06. The SMILES string of the molecule is CCCn1c(NC(=O)c2cc(Br)cc(C(N)=O)c2)nc2ccccc21. The summed E-state index contributed by atoms with van der Waals surface area (Å²) in [6.07, 6.45) is 0.909. The van der Waals surface area contributed by atoms with Crippen LogP contribution in [0.15, 0.2) is 46.9 Å². The number of hydrogen-bond acceptors (Lipinski definition) is 3. The molecule has 0 saturated carbocycles. The summed E-state index contributed by atoms with van der Waals surface area (Å²) in [7, 11) is 0. The van der Waals surface area contributed by atoms with Crippen LogP contribution >= 0.6 is 15.9 Å². The van der Waals surface area contributed by atoms with Crippen LogP contribution in [-0.2, 0) is 6.54 Å². The van der Waals surface area contributed by atoms with Crippen molar-refractivity contribution in [1.29, 1.82) is 0 Å². The molecule has 0 saturated heterocycles. The van der Waals surface area contributed by atoms with E-state index in [1.54, 1.807) is 12.1 Å². The van der Waals surface area contributed by atoms with E-state index in [1.165, 1.54) is 6.07 Å². The summed E-state index contributed by atoms with van der Waals surface area (Å²) in [5.41, 5.74) is 7.69. The van der Waals surface area contributed by atoms with Gasteiger partial charge in [-0.3, -0.25) is 14.9 Å². The molecule has 3 aromatic rings. The molecule has 3 rings (SSSR count). The molecule has 1 aromatic heterocycles. The smallest absolute Gasteiger partial charge is 0.258 e. The van der Waals surface area contributed by atoms with E-state index in [-0.39, 0.29) is 11.5 Å². The van der Waals surface area contributed by atoms with Crippen LogP contribution in [0, 0.1) is 0 Å². The van der Waals surface area contributed by atoms with Gasteiger partial charge < -0.3 is 10.3 Å². The molecular weight excluding hydrogens is 384 g/mol. The van der Waals surface area contributed by atoms with Crippen molar-refractivity contribution in [1.82, 2.24) is 9.55 Å². The maximum absolute atomic E-state index is 12.6. The largest absolute Gasteiger partial charge is 0.366 e. The molecule has 128 valence electrons. The van der Waals surface area contributed by atoms with Crippen molar-refractivity contribution in [2.75, 3.05) is 5.32 Å². The maximum atomic E-state index is 12.6. The van der Waals surface area contributed by atoms with Gasteiger partial charge in [0, 0.05) is 22.1 Å². The third kappa shape index (κ3) is 3.56. The fraction of sp³-hybridized carbons (Fsp3) is 0.167. The molecule has 0 unspecified atom stereocenters. The molecule has 2 amide bonds. The average molecular weight is 401 g/mol. The number of para-hydroxylation sites is 2. The van der Waals surface area contributed by atoms with Crippen LogP contribution in [-0.4, -0.2) is 21.4 Å². The summed E-state index contributed by atoms with van der Waals surface area (Å²) in [4.78, 5) is 28.5. The molecule has 0 radical (unpaired) electrons. The Hall–Kier alpha value is -2.67. The third-order valence-corrected chi connectivity index (χ3v) is 4.23. The van der Waals surface area contributed by atoms with E-state index in [1.807, 2.05) is 28.8 Å². The molecule has 6 nitrogen and oxygen atoms in total.